The molecule has 0 aromatic carbocycles. The van der Waals surface area contributed by atoms with Gasteiger partial charge in [-0.3, -0.25) is 4.79 Å². The van der Waals surface area contributed by atoms with Gasteiger partial charge in [0, 0.05) is 6.04 Å². The van der Waals surface area contributed by atoms with Gasteiger partial charge in [-0.2, -0.15) is 11.8 Å². The minimum atomic E-state index is 0.0876. The molecule has 0 aromatic rings. The molecule has 0 aromatic heterocycles. The fraction of sp³-hybridized carbons (Fsp3) is 0.900. The van der Waals surface area contributed by atoms with Gasteiger partial charge in [-0.1, -0.05) is 0 Å². The molecule has 0 spiro atoms. The maximum atomic E-state index is 11.7. The van der Waals surface area contributed by atoms with Crippen LogP contribution in [-0.2, 0) is 4.79 Å². The van der Waals surface area contributed by atoms with Gasteiger partial charge < -0.3 is 10.6 Å². The van der Waals surface area contributed by atoms with Crippen molar-refractivity contribution in [3.63, 3.8) is 0 Å². The van der Waals surface area contributed by atoms with Crippen molar-refractivity contribution in [2.75, 3.05) is 18.1 Å². The quantitative estimate of drug-likeness (QED) is 0.713. The van der Waals surface area contributed by atoms with Crippen LogP contribution >= 0.6 is 11.8 Å². The lowest BCUT2D eigenvalue weighted by Crippen LogP contribution is -2.46. The van der Waals surface area contributed by atoms with Gasteiger partial charge in [0.15, 0.2) is 0 Å². The van der Waals surface area contributed by atoms with Crippen molar-refractivity contribution in [3.05, 3.63) is 0 Å². The first-order chi connectivity index (χ1) is 6.86. The van der Waals surface area contributed by atoms with E-state index in [1.54, 1.807) is 0 Å². The van der Waals surface area contributed by atoms with E-state index in [0.29, 0.717) is 6.04 Å². The predicted molar refractivity (Wildman–Crippen MR) is 59.5 cm³/mol. The second-order valence-electron chi connectivity index (χ2n) is 4.04. The van der Waals surface area contributed by atoms with E-state index in [1.165, 1.54) is 11.5 Å². The molecule has 0 saturated carbocycles. The standard InChI is InChI=1S/C10H18N2OS/c13-10(9-2-1-5-11-9)12-8-3-6-14-7-4-8/h8-9,11H,1-7H2,(H,12,13)/t9-/m0/s1. The summed E-state index contributed by atoms with van der Waals surface area (Å²) in [6.45, 7) is 0.999. The number of carbonyl (C=O) groups excluding carboxylic acids is 1. The smallest absolute Gasteiger partial charge is 0.237 e. The topological polar surface area (TPSA) is 41.1 Å². The van der Waals surface area contributed by atoms with Crippen LogP contribution in [0.1, 0.15) is 25.7 Å². The number of amides is 1. The summed E-state index contributed by atoms with van der Waals surface area (Å²) < 4.78 is 0. The van der Waals surface area contributed by atoms with Crippen molar-refractivity contribution < 1.29 is 4.79 Å². The number of nitrogens with one attached hydrogen (secondary N) is 2. The van der Waals surface area contributed by atoms with E-state index in [-0.39, 0.29) is 11.9 Å². The van der Waals surface area contributed by atoms with Gasteiger partial charge in [0.1, 0.15) is 0 Å². The first kappa shape index (κ1) is 10.3. The van der Waals surface area contributed by atoms with Crippen molar-refractivity contribution in [3.8, 4) is 0 Å². The van der Waals surface area contributed by atoms with Crippen molar-refractivity contribution in [1.82, 2.24) is 10.6 Å². The second-order valence-corrected chi connectivity index (χ2v) is 5.27. The molecule has 1 amide bonds. The van der Waals surface area contributed by atoms with Crippen LogP contribution in [0.5, 0.6) is 0 Å². The number of hydrogen-bond donors (Lipinski definition) is 2. The van der Waals surface area contributed by atoms with Crippen LogP contribution in [0.15, 0.2) is 0 Å². The number of carbonyl (C=O) groups is 1. The lowest BCUT2D eigenvalue weighted by molar-refractivity contribution is -0.123. The number of rotatable bonds is 2. The maximum Gasteiger partial charge on any atom is 0.237 e. The monoisotopic (exact) mass is 214 g/mol. The average molecular weight is 214 g/mol. The molecule has 2 aliphatic heterocycles. The second kappa shape index (κ2) is 5.03. The molecule has 2 rings (SSSR count). The van der Waals surface area contributed by atoms with Crippen molar-refractivity contribution in [2.45, 2.75) is 37.8 Å². The van der Waals surface area contributed by atoms with E-state index < -0.39 is 0 Å². The van der Waals surface area contributed by atoms with E-state index in [0.717, 1.165) is 32.2 Å². The molecule has 80 valence electrons. The summed E-state index contributed by atoms with van der Waals surface area (Å²) in [5, 5.41) is 6.37. The van der Waals surface area contributed by atoms with Gasteiger partial charge in [0.25, 0.3) is 0 Å². The fourth-order valence-electron chi connectivity index (χ4n) is 2.05. The molecule has 2 aliphatic rings. The summed E-state index contributed by atoms with van der Waals surface area (Å²) in [6, 6.07) is 0.524. The molecule has 14 heavy (non-hydrogen) atoms. The molecule has 2 fully saturated rings. The summed E-state index contributed by atoms with van der Waals surface area (Å²) in [5.74, 6) is 2.62. The minimum absolute atomic E-state index is 0.0876. The lowest BCUT2D eigenvalue weighted by atomic mass is 10.1. The molecule has 3 nitrogen and oxygen atoms in total. The Kier molecular flexibility index (Phi) is 3.70. The Labute approximate surface area is 89.4 Å². The molecule has 4 heteroatoms. The molecule has 0 aliphatic carbocycles. The van der Waals surface area contributed by atoms with Gasteiger partial charge in [-0.05, 0) is 43.7 Å². The Balaban J connectivity index is 1.75. The fourth-order valence-corrected chi connectivity index (χ4v) is 3.16. The molecule has 0 bridgehead atoms. The van der Waals surface area contributed by atoms with E-state index in [9.17, 15) is 4.79 Å². The molecule has 2 saturated heterocycles. The summed E-state index contributed by atoms with van der Waals surface area (Å²) in [5.41, 5.74) is 0. The number of hydrogen-bond acceptors (Lipinski definition) is 3. The Hall–Kier alpha value is -0.220. The van der Waals surface area contributed by atoms with Crippen LogP contribution in [0.4, 0.5) is 0 Å². The van der Waals surface area contributed by atoms with Crippen LogP contribution in [0.3, 0.4) is 0 Å². The highest BCUT2D eigenvalue weighted by molar-refractivity contribution is 7.99. The molecule has 0 radical (unpaired) electrons. The van der Waals surface area contributed by atoms with Crippen LogP contribution in [-0.4, -0.2) is 36.0 Å². The highest BCUT2D eigenvalue weighted by Crippen LogP contribution is 2.17. The lowest BCUT2D eigenvalue weighted by Gasteiger charge is -2.24. The molecule has 1 atom stereocenters. The Bertz CT molecular complexity index is 198. The summed E-state index contributed by atoms with van der Waals surface area (Å²) >= 11 is 1.99. The van der Waals surface area contributed by atoms with Gasteiger partial charge in [0.2, 0.25) is 5.91 Å². The van der Waals surface area contributed by atoms with Gasteiger partial charge in [-0.15, -0.1) is 0 Å². The van der Waals surface area contributed by atoms with Crippen molar-refractivity contribution in [1.29, 1.82) is 0 Å². The average Bonchev–Trinajstić information content (AvgIpc) is 2.72. The SMILES string of the molecule is O=C(NC1CCSCC1)[C@@H]1CCCN1. The first-order valence-electron chi connectivity index (χ1n) is 5.48. The summed E-state index contributed by atoms with van der Waals surface area (Å²) in [6.07, 6.45) is 4.43. The Morgan fingerprint density at radius 2 is 2.07 bits per heavy atom. The van der Waals surface area contributed by atoms with Crippen molar-refractivity contribution >= 4 is 17.7 Å². The largest absolute Gasteiger partial charge is 0.352 e. The van der Waals surface area contributed by atoms with Crippen LogP contribution < -0.4 is 10.6 Å². The molecular formula is C10H18N2OS. The van der Waals surface area contributed by atoms with E-state index in [2.05, 4.69) is 10.6 Å². The van der Waals surface area contributed by atoms with Gasteiger partial charge >= 0.3 is 0 Å². The van der Waals surface area contributed by atoms with Gasteiger partial charge in [-0.25, -0.2) is 0 Å². The van der Waals surface area contributed by atoms with Crippen LogP contribution in [0.25, 0.3) is 0 Å². The minimum Gasteiger partial charge on any atom is -0.352 e. The van der Waals surface area contributed by atoms with Gasteiger partial charge in [0.05, 0.1) is 6.04 Å². The summed E-state index contributed by atoms with van der Waals surface area (Å²) in [4.78, 5) is 11.7. The first-order valence-corrected chi connectivity index (χ1v) is 6.63. The number of thioether (sulfide) groups is 1. The third kappa shape index (κ3) is 2.64. The maximum absolute atomic E-state index is 11.7. The Morgan fingerprint density at radius 3 is 2.71 bits per heavy atom. The molecule has 0 unspecified atom stereocenters. The van der Waals surface area contributed by atoms with E-state index in [4.69, 9.17) is 0 Å². The Morgan fingerprint density at radius 1 is 1.29 bits per heavy atom. The third-order valence-corrected chi connectivity index (χ3v) is 3.99. The van der Waals surface area contributed by atoms with Crippen molar-refractivity contribution in [2.24, 2.45) is 0 Å². The molecule has 2 heterocycles. The van der Waals surface area contributed by atoms with E-state index in [1.807, 2.05) is 11.8 Å². The zero-order valence-corrected chi connectivity index (χ0v) is 9.24. The highest BCUT2D eigenvalue weighted by Gasteiger charge is 2.24. The zero-order valence-electron chi connectivity index (χ0n) is 8.42. The zero-order chi connectivity index (χ0) is 9.80. The van der Waals surface area contributed by atoms with Crippen LogP contribution in [0.2, 0.25) is 0 Å². The van der Waals surface area contributed by atoms with E-state index >= 15 is 0 Å². The molecule has 2 N–H and O–H groups in total. The van der Waals surface area contributed by atoms with Crippen LogP contribution in [0, 0.1) is 0 Å². The predicted octanol–water partition coefficient (Wildman–Crippen LogP) is 0.750. The normalized spacial score (nSPS) is 29.0. The summed E-state index contributed by atoms with van der Waals surface area (Å²) in [7, 11) is 0. The highest BCUT2D eigenvalue weighted by atomic mass is 32.2. The molecular weight excluding hydrogens is 196 g/mol. The third-order valence-electron chi connectivity index (χ3n) is 2.94.